The highest BCUT2D eigenvalue weighted by Crippen LogP contribution is 2.28. The lowest BCUT2D eigenvalue weighted by Gasteiger charge is -2.03. The molecule has 1 heterocycles. The van der Waals surface area contributed by atoms with E-state index in [0.29, 0.717) is 0 Å². The summed E-state index contributed by atoms with van der Waals surface area (Å²) in [4.78, 5) is 7.67. The molecule has 17 heavy (non-hydrogen) atoms. The van der Waals surface area contributed by atoms with Gasteiger partial charge in [0.25, 0.3) is 0 Å². The largest absolute Gasteiger partial charge is 0.379 e. The van der Waals surface area contributed by atoms with Crippen LogP contribution in [0.1, 0.15) is 12.8 Å². The molecule has 0 aliphatic heterocycles. The third-order valence-electron chi connectivity index (χ3n) is 2.98. The molecule has 0 atom stereocenters. The van der Waals surface area contributed by atoms with Crippen LogP contribution in [-0.2, 0) is 4.74 Å². The molecular formula is C13H17N3O. The molecule has 1 saturated carbocycles. The van der Waals surface area contributed by atoms with Crippen molar-refractivity contribution in [2.45, 2.75) is 12.8 Å². The first-order chi connectivity index (χ1) is 8.42. The molecule has 4 heteroatoms. The molecule has 0 saturated heterocycles. The van der Waals surface area contributed by atoms with Crippen LogP contribution in [0.5, 0.6) is 0 Å². The van der Waals surface area contributed by atoms with Crippen molar-refractivity contribution in [2.75, 3.05) is 25.1 Å². The quantitative estimate of drug-likeness (QED) is 0.750. The number of nitrogens with zero attached hydrogens (tertiary/aromatic N) is 1. The first-order valence-corrected chi connectivity index (χ1v) is 6.18. The van der Waals surface area contributed by atoms with Gasteiger partial charge in [-0.25, -0.2) is 4.98 Å². The second-order valence-corrected chi connectivity index (χ2v) is 4.55. The molecule has 0 bridgehead atoms. The van der Waals surface area contributed by atoms with Crippen molar-refractivity contribution in [1.29, 1.82) is 0 Å². The van der Waals surface area contributed by atoms with Gasteiger partial charge in [-0.2, -0.15) is 0 Å². The molecular weight excluding hydrogens is 214 g/mol. The van der Waals surface area contributed by atoms with E-state index in [2.05, 4.69) is 15.3 Å². The molecule has 2 N–H and O–H groups in total. The number of para-hydroxylation sites is 2. The molecule has 0 spiro atoms. The van der Waals surface area contributed by atoms with E-state index in [9.17, 15) is 0 Å². The van der Waals surface area contributed by atoms with Gasteiger partial charge in [0.05, 0.1) is 17.6 Å². The third kappa shape index (κ3) is 2.77. The predicted molar refractivity (Wildman–Crippen MR) is 68.1 cm³/mol. The average Bonchev–Trinajstić information content (AvgIpc) is 3.07. The van der Waals surface area contributed by atoms with Crippen LogP contribution in [0.4, 0.5) is 5.95 Å². The van der Waals surface area contributed by atoms with Crippen LogP contribution in [0.3, 0.4) is 0 Å². The summed E-state index contributed by atoms with van der Waals surface area (Å²) >= 11 is 0. The molecule has 0 radical (unpaired) electrons. The smallest absolute Gasteiger partial charge is 0.201 e. The predicted octanol–water partition coefficient (Wildman–Crippen LogP) is 2.40. The Kier molecular flexibility index (Phi) is 2.96. The maximum absolute atomic E-state index is 5.55. The van der Waals surface area contributed by atoms with E-state index in [1.807, 2.05) is 24.3 Å². The standard InChI is InChI=1S/C13H17N3O/c1-2-4-12-11(3-1)15-13(16-12)14-7-8-17-9-10-5-6-10/h1-4,10H,5-9H2,(H2,14,15,16). The highest BCUT2D eigenvalue weighted by molar-refractivity contribution is 5.77. The minimum atomic E-state index is 0.744. The summed E-state index contributed by atoms with van der Waals surface area (Å²) in [6, 6.07) is 8.02. The van der Waals surface area contributed by atoms with Gasteiger partial charge in [0.1, 0.15) is 0 Å². The number of benzene rings is 1. The van der Waals surface area contributed by atoms with Gasteiger partial charge in [0.2, 0.25) is 5.95 Å². The zero-order chi connectivity index (χ0) is 11.5. The van der Waals surface area contributed by atoms with Gasteiger partial charge in [-0.05, 0) is 30.9 Å². The van der Waals surface area contributed by atoms with Crippen molar-refractivity contribution in [2.24, 2.45) is 5.92 Å². The number of ether oxygens (including phenoxy) is 1. The number of fused-ring (bicyclic) bond motifs is 1. The van der Waals surface area contributed by atoms with E-state index >= 15 is 0 Å². The molecule has 1 fully saturated rings. The number of aromatic nitrogens is 2. The fourth-order valence-corrected chi connectivity index (χ4v) is 1.81. The van der Waals surface area contributed by atoms with Crippen LogP contribution in [0.15, 0.2) is 24.3 Å². The Morgan fingerprint density at radius 3 is 3.06 bits per heavy atom. The SMILES string of the molecule is c1ccc2[nH]c(NCCOCC3CC3)nc2c1. The molecule has 1 aromatic carbocycles. The van der Waals surface area contributed by atoms with E-state index in [0.717, 1.165) is 42.7 Å². The van der Waals surface area contributed by atoms with Crippen LogP contribution in [-0.4, -0.2) is 29.7 Å². The Labute approximate surface area is 100 Å². The molecule has 1 aliphatic carbocycles. The van der Waals surface area contributed by atoms with E-state index in [1.54, 1.807) is 0 Å². The molecule has 2 aromatic rings. The van der Waals surface area contributed by atoms with E-state index in [-0.39, 0.29) is 0 Å². The minimum Gasteiger partial charge on any atom is -0.379 e. The number of hydrogen-bond donors (Lipinski definition) is 2. The maximum Gasteiger partial charge on any atom is 0.201 e. The lowest BCUT2D eigenvalue weighted by molar-refractivity contribution is 0.134. The lowest BCUT2D eigenvalue weighted by atomic mass is 10.3. The van der Waals surface area contributed by atoms with Crippen molar-refractivity contribution < 1.29 is 4.74 Å². The second-order valence-electron chi connectivity index (χ2n) is 4.55. The van der Waals surface area contributed by atoms with Crippen LogP contribution in [0.25, 0.3) is 11.0 Å². The Morgan fingerprint density at radius 2 is 2.24 bits per heavy atom. The Balaban J connectivity index is 1.46. The number of H-pyrrole nitrogens is 1. The molecule has 1 aliphatic rings. The van der Waals surface area contributed by atoms with Crippen molar-refractivity contribution in [3.63, 3.8) is 0 Å². The monoisotopic (exact) mass is 231 g/mol. The number of nitrogens with one attached hydrogen (secondary N) is 2. The summed E-state index contributed by atoms with van der Waals surface area (Å²) < 4.78 is 5.55. The number of hydrogen-bond acceptors (Lipinski definition) is 3. The number of imidazole rings is 1. The third-order valence-corrected chi connectivity index (χ3v) is 2.98. The van der Waals surface area contributed by atoms with Gasteiger partial charge in [-0.3, -0.25) is 0 Å². The number of aromatic amines is 1. The van der Waals surface area contributed by atoms with Gasteiger partial charge in [-0.15, -0.1) is 0 Å². The fraction of sp³-hybridized carbons (Fsp3) is 0.462. The van der Waals surface area contributed by atoms with E-state index in [4.69, 9.17) is 4.74 Å². The molecule has 0 amide bonds. The van der Waals surface area contributed by atoms with Crippen LogP contribution in [0.2, 0.25) is 0 Å². The first-order valence-electron chi connectivity index (χ1n) is 6.18. The Hall–Kier alpha value is -1.55. The zero-order valence-corrected chi connectivity index (χ0v) is 9.78. The number of anilines is 1. The molecule has 1 aromatic heterocycles. The van der Waals surface area contributed by atoms with Crippen molar-refractivity contribution in [3.05, 3.63) is 24.3 Å². The van der Waals surface area contributed by atoms with Crippen LogP contribution in [0, 0.1) is 5.92 Å². The summed E-state index contributed by atoms with van der Waals surface area (Å²) in [5, 5.41) is 3.24. The normalized spacial score (nSPS) is 15.3. The van der Waals surface area contributed by atoms with Gasteiger partial charge < -0.3 is 15.0 Å². The van der Waals surface area contributed by atoms with Gasteiger partial charge in [-0.1, -0.05) is 12.1 Å². The summed E-state index contributed by atoms with van der Waals surface area (Å²) in [5.41, 5.74) is 2.06. The van der Waals surface area contributed by atoms with Crippen molar-refractivity contribution >= 4 is 17.0 Å². The van der Waals surface area contributed by atoms with Gasteiger partial charge in [0, 0.05) is 13.2 Å². The van der Waals surface area contributed by atoms with E-state index < -0.39 is 0 Å². The minimum absolute atomic E-state index is 0.744. The molecule has 3 rings (SSSR count). The maximum atomic E-state index is 5.55. The topological polar surface area (TPSA) is 49.9 Å². The highest BCUT2D eigenvalue weighted by Gasteiger charge is 2.20. The Bertz CT molecular complexity index is 457. The average molecular weight is 231 g/mol. The highest BCUT2D eigenvalue weighted by atomic mass is 16.5. The number of rotatable bonds is 6. The Morgan fingerprint density at radius 1 is 1.35 bits per heavy atom. The van der Waals surface area contributed by atoms with Crippen LogP contribution < -0.4 is 5.32 Å². The summed E-state index contributed by atoms with van der Waals surface area (Å²) in [7, 11) is 0. The van der Waals surface area contributed by atoms with Crippen LogP contribution >= 0.6 is 0 Å². The molecule has 0 unspecified atom stereocenters. The summed E-state index contributed by atoms with van der Waals surface area (Å²) in [6.45, 7) is 2.46. The zero-order valence-electron chi connectivity index (χ0n) is 9.78. The lowest BCUT2D eigenvalue weighted by Crippen LogP contribution is -2.11. The molecule has 90 valence electrons. The fourth-order valence-electron chi connectivity index (χ4n) is 1.81. The van der Waals surface area contributed by atoms with E-state index in [1.165, 1.54) is 12.8 Å². The van der Waals surface area contributed by atoms with Gasteiger partial charge in [0.15, 0.2) is 0 Å². The summed E-state index contributed by atoms with van der Waals surface area (Å²) in [6.07, 6.45) is 2.69. The van der Waals surface area contributed by atoms with Crippen molar-refractivity contribution in [1.82, 2.24) is 9.97 Å². The van der Waals surface area contributed by atoms with Gasteiger partial charge >= 0.3 is 0 Å². The first kappa shape index (κ1) is 10.6. The van der Waals surface area contributed by atoms with Crippen molar-refractivity contribution in [3.8, 4) is 0 Å². The second kappa shape index (κ2) is 4.75. The molecule has 4 nitrogen and oxygen atoms in total. The summed E-state index contributed by atoms with van der Waals surface area (Å²) in [5.74, 6) is 1.66.